The summed E-state index contributed by atoms with van der Waals surface area (Å²) in [5.41, 5.74) is 0. The van der Waals surface area contributed by atoms with Crippen molar-refractivity contribution < 1.29 is 23.9 Å². The highest BCUT2D eigenvalue weighted by atomic mass is 32.2. The van der Waals surface area contributed by atoms with E-state index in [0.29, 0.717) is 0 Å². The van der Waals surface area contributed by atoms with Crippen LogP contribution >= 0.6 is 11.8 Å². The lowest BCUT2D eigenvalue weighted by atomic mass is 10.4. The molecule has 0 aliphatic carbocycles. The number of amides is 2. The zero-order valence-electron chi connectivity index (χ0n) is 11.8. The first kappa shape index (κ1) is 17.0. The van der Waals surface area contributed by atoms with Gasteiger partial charge in [0.1, 0.15) is 5.25 Å². The lowest BCUT2D eigenvalue weighted by Crippen LogP contribution is -2.35. The lowest BCUT2D eigenvalue weighted by molar-refractivity contribution is -0.147. The summed E-state index contributed by atoms with van der Waals surface area (Å²) in [6.07, 6.45) is -0.856. The minimum atomic E-state index is -0.856. The summed E-state index contributed by atoms with van der Waals surface area (Å²) in [4.78, 5) is 34.9. The minimum absolute atomic E-state index is 0.156. The van der Waals surface area contributed by atoms with Crippen LogP contribution in [0.1, 0.15) is 13.8 Å². The van der Waals surface area contributed by atoms with Gasteiger partial charge in [-0.05, 0) is 26.0 Å². The summed E-state index contributed by atoms with van der Waals surface area (Å²) in [6, 6.07) is 9.37. The molecule has 0 radical (unpaired) electrons. The molecular weight excluding hydrogens is 294 g/mol. The Bertz CT molecular complexity index is 491. The molecule has 0 saturated carbocycles. The maximum Gasteiger partial charge on any atom is 0.413 e. The molecule has 0 saturated heterocycles. The molecule has 0 aliphatic heterocycles. The molecule has 0 spiro atoms. The molecule has 0 fully saturated rings. The quantitative estimate of drug-likeness (QED) is 0.639. The molecule has 0 unspecified atom stereocenters. The Kier molecular flexibility index (Phi) is 7.31. The Morgan fingerprint density at radius 3 is 2.48 bits per heavy atom. The van der Waals surface area contributed by atoms with Crippen molar-refractivity contribution in [2.24, 2.45) is 0 Å². The summed E-state index contributed by atoms with van der Waals surface area (Å²) in [5, 5.41) is 1.48. The normalized spacial score (nSPS) is 11.3. The van der Waals surface area contributed by atoms with Gasteiger partial charge < -0.3 is 9.47 Å². The lowest BCUT2D eigenvalue weighted by Gasteiger charge is -2.11. The highest BCUT2D eigenvalue weighted by molar-refractivity contribution is 8.00. The molecule has 0 heterocycles. The van der Waals surface area contributed by atoms with Crippen molar-refractivity contribution in [1.29, 1.82) is 0 Å². The van der Waals surface area contributed by atoms with Gasteiger partial charge in [0.15, 0.2) is 6.61 Å². The van der Waals surface area contributed by atoms with Gasteiger partial charge in [-0.15, -0.1) is 11.8 Å². The van der Waals surface area contributed by atoms with Crippen molar-refractivity contribution in [3.63, 3.8) is 0 Å². The molecule has 21 heavy (non-hydrogen) atoms. The van der Waals surface area contributed by atoms with E-state index in [9.17, 15) is 14.4 Å². The third kappa shape index (κ3) is 6.80. The fraction of sp³-hybridized carbons (Fsp3) is 0.357. The summed E-state index contributed by atoms with van der Waals surface area (Å²) < 4.78 is 9.37. The van der Waals surface area contributed by atoms with Crippen molar-refractivity contribution in [2.45, 2.75) is 24.0 Å². The van der Waals surface area contributed by atoms with Gasteiger partial charge in [0, 0.05) is 4.90 Å². The largest absolute Gasteiger partial charge is 0.455 e. The first-order valence-corrected chi connectivity index (χ1v) is 7.25. The van der Waals surface area contributed by atoms with Crippen molar-refractivity contribution in [3.8, 4) is 0 Å². The van der Waals surface area contributed by atoms with Crippen LogP contribution in [-0.4, -0.2) is 36.4 Å². The number of ether oxygens (including phenoxy) is 2. The third-order valence-electron chi connectivity index (χ3n) is 2.25. The minimum Gasteiger partial charge on any atom is -0.455 e. The average Bonchev–Trinajstić information content (AvgIpc) is 2.46. The number of benzene rings is 1. The smallest absolute Gasteiger partial charge is 0.413 e. The molecule has 0 aromatic heterocycles. The predicted octanol–water partition coefficient (Wildman–Crippen LogP) is 1.98. The number of thioether (sulfide) groups is 1. The number of carbonyl (C=O) groups excluding carboxylic acids is 3. The Morgan fingerprint density at radius 2 is 1.86 bits per heavy atom. The van der Waals surface area contributed by atoms with Crippen LogP contribution in [0.3, 0.4) is 0 Å². The molecule has 1 rings (SSSR count). The van der Waals surface area contributed by atoms with Gasteiger partial charge in [0.05, 0.1) is 6.61 Å². The molecule has 1 aromatic carbocycles. The number of carbonyl (C=O) groups is 3. The van der Waals surface area contributed by atoms with Gasteiger partial charge in [-0.25, -0.2) is 4.79 Å². The molecule has 114 valence electrons. The van der Waals surface area contributed by atoms with Gasteiger partial charge in [0.25, 0.3) is 5.91 Å². The summed E-state index contributed by atoms with van der Waals surface area (Å²) in [7, 11) is 0. The fourth-order valence-electron chi connectivity index (χ4n) is 1.32. The highest BCUT2D eigenvalue weighted by Gasteiger charge is 2.18. The van der Waals surface area contributed by atoms with E-state index in [1.807, 2.05) is 35.6 Å². The van der Waals surface area contributed by atoms with Crippen LogP contribution < -0.4 is 5.32 Å². The van der Waals surface area contributed by atoms with E-state index >= 15 is 0 Å². The summed E-state index contributed by atoms with van der Waals surface area (Å²) in [5.74, 6) is -1.25. The van der Waals surface area contributed by atoms with Gasteiger partial charge in [-0.3, -0.25) is 14.9 Å². The molecule has 1 N–H and O–H groups in total. The summed E-state index contributed by atoms with van der Waals surface area (Å²) in [6.45, 7) is 2.94. The van der Waals surface area contributed by atoms with Gasteiger partial charge >= 0.3 is 12.1 Å². The number of esters is 1. The second-order valence-electron chi connectivity index (χ2n) is 3.95. The van der Waals surface area contributed by atoms with Gasteiger partial charge in [-0.1, -0.05) is 18.2 Å². The second-order valence-corrected chi connectivity index (χ2v) is 5.36. The summed E-state index contributed by atoms with van der Waals surface area (Å²) >= 11 is 1.33. The Morgan fingerprint density at radius 1 is 1.19 bits per heavy atom. The average molecular weight is 311 g/mol. The van der Waals surface area contributed by atoms with Gasteiger partial charge in [0.2, 0.25) is 0 Å². The van der Waals surface area contributed by atoms with Crippen LogP contribution in [-0.2, 0) is 19.1 Å². The van der Waals surface area contributed by atoms with E-state index in [2.05, 4.69) is 4.74 Å². The first-order valence-electron chi connectivity index (χ1n) is 6.38. The number of hydrogen-bond acceptors (Lipinski definition) is 6. The SMILES string of the molecule is CCOC(=O)NC(=O)COC(=O)[C@@H](C)Sc1ccccc1. The van der Waals surface area contributed by atoms with E-state index < -0.39 is 29.8 Å². The highest BCUT2D eigenvalue weighted by Crippen LogP contribution is 2.23. The first-order chi connectivity index (χ1) is 10.0. The van der Waals surface area contributed by atoms with E-state index in [-0.39, 0.29) is 6.61 Å². The molecule has 1 aromatic rings. The Balaban J connectivity index is 2.32. The molecule has 2 amide bonds. The van der Waals surface area contributed by atoms with E-state index in [4.69, 9.17) is 4.74 Å². The maximum atomic E-state index is 11.7. The Hall–Kier alpha value is -2.02. The molecule has 1 atom stereocenters. The van der Waals surface area contributed by atoms with Crippen molar-refractivity contribution in [1.82, 2.24) is 5.32 Å². The van der Waals surface area contributed by atoms with Crippen LogP contribution in [0.5, 0.6) is 0 Å². The number of imide groups is 1. The van der Waals surface area contributed by atoms with E-state index in [1.165, 1.54) is 11.8 Å². The molecule has 7 heteroatoms. The topological polar surface area (TPSA) is 81.7 Å². The monoisotopic (exact) mass is 311 g/mol. The van der Waals surface area contributed by atoms with E-state index in [0.717, 1.165) is 4.90 Å². The van der Waals surface area contributed by atoms with Crippen LogP contribution in [0.4, 0.5) is 4.79 Å². The van der Waals surface area contributed by atoms with E-state index in [1.54, 1.807) is 13.8 Å². The third-order valence-corrected chi connectivity index (χ3v) is 3.34. The number of hydrogen-bond donors (Lipinski definition) is 1. The predicted molar refractivity (Wildman–Crippen MR) is 77.9 cm³/mol. The molecule has 0 bridgehead atoms. The molecular formula is C14H17NO5S. The Labute approximate surface area is 127 Å². The number of rotatable bonds is 6. The fourth-order valence-corrected chi connectivity index (χ4v) is 2.21. The van der Waals surface area contributed by atoms with Crippen molar-refractivity contribution in [3.05, 3.63) is 30.3 Å². The zero-order chi connectivity index (χ0) is 15.7. The van der Waals surface area contributed by atoms with Crippen molar-refractivity contribution >= 4 is 29.7 Å². The molecule has 6 nitrogen and oxygen atoms in total. The van der Waals surface area contributed by atoms with Crippen LogP contribution in [0.15, 0.2) is 35.2 Å². The maximum absolute atomic E-state index is 11.7. The number of alkyl carbamates (subject to hydrolysis) is 1. The number of nitrogens with one attached hydrogen (secondary N) is 1. The van der Waals surface area contributed by atoms with Crippen molar-refractivity contribution in [2.75, 3.05) is 13.2 Å². The zero-order valence-corrected chi connectivity index (χ0v) is 12.6. The van der Waals surface area contributed by atoms with Crippen LogP contribution in [0, 0.1) is 0 Å². The standard InChI is InChI=1S/C14H17NO5S/c1-3-19-14(18)15-12(16)9-20-13(17)10(2)21-11-7-5-4-6-8-11/h4-8,10H,3,9H2,1-2H3,(H,15,16,18)/t10-/m1/s1. The second kappa shape index (κ2) is 9.02. The van der Waals surface area contributed by atoms with Crippen LogP contribution in [0.2, 0.25) is 0 Å². The molecule has 0 aliphatic rings. The van der Waals surface area contributed by atoms with Crippen LogP contribution in [0.25, 0.3) is 0 Å². The van der Waals surface area contributed by atoms with Gasteiger partial charge in [-0.2, -0.15) is 0 Å².